The lowest BCUT2D eigenvalue weighted by atomic mass is 9.90. The Morgan fingerprint density at radius 1 is 1.17 bits per heavy atom. The summed E-state index contributed by atoms with van der Waals surface area (Å²) in [6, 6.07) is 9.00. The fraction of sp³-hybridized carbons (Fsp3) is 0.333. The molecule has 0 radical (unpaired) electrons. The highest BCUT2D eigenvalue weighted by molar-refractivity contribution is 5.96. The van der Waals surface area contributed by atoms with Gasteiger partial charge in [-0.15, -0.1) is 0 Å². The Morgan fingerprint density at radius 3 is 2.41 bits per heavy atom. The van der Waals surface area contributed by atoms with Crippen LogP contribution in [0, 0.1) is 6.92 Å². The number of aryl methyl sites for hydroxylation is 1. The predicted molar refractivity (Wildman–Crippen MR) is 105 cm³/mol. The molecule has 1 aliphatic heterocycles. The van der Waals surface area contributed by atoms with Crippen LogP contribution in [-0.2, 0) is 4.79 Å². The van der Waals surface area contributed by atoms with Crippen molar-refractivity contribution in [2.45, 2.75) is 25.7 Å². The molecular weight excluding hydrogens is 374 g/mol. The maximum Gasteiger partial charge on any atom is 0.322 e. The number of carboxylic acid groups (broad SMARTS) is 1. The third-order valence-electron chi connectivity index (χ3n) is 5.06. The molecule has 1 fully saturated rings. The van der Waals surface area contributed by atoms with Gasteiger partial charge in [0.2, 0.25) is 0 Å². The minimum absolute atomic E-state index is 0.00914. The quantitative estimate of drug-likeness (QED) is 0.709. The van der Waals surface area contributed by atoms with Gasteiger partial charge in [0.1, 0.15) is 12.3 Å². The number of likely N-dealkylation sites (tertiary alicyclic amines) is 1. The highest BCUT2D eigenvalue weighted by atomic mass is 16.4. The van der Waals surface area contributed by atoms with Crippen molar-refractivity contribution in [2.24, 2.45) is 0 Å². The number of carbonyl (C=O) groups excluding carboxylic acids is 2. The van der Waals surface area contributed by atoms with E-state index in [0.717, 1.165) is 24.0 Å². The van der Waals surface area contributed by atoms with E-state index >= 15 is 0 Å². The van der Waals surface area contributed by atoms with Gasteiger partial charge in [0, 0.05) is 24.8 Å². The van der Waals surface area contributed by atoms with Crippen LogP contribution in [-0.4, -0.2) is 57.5 Å². The van der Waals surface area contributed by atoms with Gasteiger partial charge < -0.3 is 20.4 Å². The van der Waals surface area contributed by atoms with Gasteiger partial charge in [0.15, 0.2) is 5.69 Å². The number of rotatable bonds is 5. The number of pyridine rings is 1. The first-order valence-electron chi connectivity index (χ1n) is 9.40. The van der Waals surface area contributed by atoms with Crippen molar-refractivity contribution in [3.8, 4) is 5.75 Å². The molecule has 8 nitrogen and oxygen atoms in total. The first-order chi connectivity index (χ1) is 13.8. The second kappa shape index (κ2) is 8.72. The molecule has 0 atom stereocenters. The summed E-state index contributed by atoms with van der Waals surface area (Å²) < 4.78 is 0. The predicted octanol–water partition coefficient (Wildman–Crippen LogP) is 1.93. The van der Waals surface area contributed by atoms with Gasteiger partial charge in [-0.2, -0.15) is 0 Å². The first kappa shape index (κ1) is 20.3. The van der Waals surface area contributed by atoms with Gasteiger partial charge in [-0.1, -0.05) is 17.7 Å². The van der Waals surface area contributed by atoms with Crippen molar-refractivity contribution in [1.82, 2.24) is 15.2 Å². The van der Waals surface area contributed by atoms with Gasteiger partial charge in [-0.3, -0.25) is 14.4 Å². The summed E-state index contributed by atoms with van der Waals surface area (Å²) >= 11 is 0. The summed E-state index contributed by atoms with van der Waals surface area (Å²) in [6.07, 6.45) is 2.98. The second-order valence-electron chi connectivity index (χ2n) is 7.15. The molecule has 0 spiro atoms. The number of amides is 2. The second-order valence-corrected chi connectivity index (χ2v) is 7.15. The first-order valence-corrected chi connectivity index (χ1v) is 9.40. The molecular formula is C21H23N3O5. The number of aromatic hydroxyl groups is 1. The Kier molecular flexibility index (Phi) is 6.11. The van der Waals surface area contributed by atoms with Gasteiger partial charge >= 0.3 is 5.97 Å². The molecule has 1 aliphatic rings. The van der Waals surface area contributed by atoms with Crippen LogP contribution in [0.25, 0.3) is 0 Å². The summed E-state index contributed by atoms with van der Waals surface area (Å²) in [5.74, 6) is -2.08. The number of aliphatic carboxylic acids is 1. The summed E-state index contributed by atoms with van der Waals surface area (Å²) in [6.45, 7) is 2.62. The highest BCUT2D eigenvalue weighted by Gasteiger charge is 2.26. The summed E-state index contributed by atoms with van der Waals surface area (Å²) in [4.78, 5) is 40.9. The number of hydrogen-bond donors (Lipinski definition) is 3. The molecule has 0 bridgehead atoms. The van der Waals surface area contributed by atoms with E-state index in [-0.39, 0.29) is 23.3 Å². The molecule has 3 N–H and O–H groups in total. The Morgan fingerprint density at radius 2 is 1.83 bits per heavy atom. The zero-order chi connectivity index (χ0) is 21.0. The normalized spacial score (nSPS) is 14.4. The zero-order valence-electron chi connectivity index (χ0n) is 16.1. The van der Waals surface area contributed by atoms with Crippen molar-refractivity contribution in [1.29, 1.82) is 0 Å². The SMILES string of the molecule is Cc1ccc(C(=O)N2CCC(c3cnc(C(=O)NCC(=O)O)c(O)c3)CC2)cc1. The van der Waals surface area contributed by atoms with E-state index in [1.165, 1.54) is 12.3 Å². The van der Waals surface area contributed by atoms with E-state index < -0.39 is 18.4 Å². The molecule has 0 aliphatic carbocycles. The maximum atomic E-state index is 12.6. The molecule has 152 valence electrons. The molecule has 8 heteroatoms. The van der Waals surface area contributed by atoms with Crippen LogP contribution in [0.2, 0.25) is 0 Å². The Labute approximate surface area is 168 Å². The number of carbonyl (C=O) groups is 3. The van der Waals surface area contributed by atoms with Crippen LogP contribution < -0.4 is 5.32 Å². The van der Waals surface area contributed by atoms with Crippen LogP contribution in [0.3, 0.4) is 0 Å². The van der Waals surface area contributed by atoms with Crippen LogP contribution in [0.1, 0.15) is 50.7 Å². The van der Waals surface area contributed by atoms with E-state index in [4.69, 9.17) is 5.11 Å². The van der Waals surface area contributed by atoms with Gasteiger partial charge in [0.05, 0.1) is 0 Å². The molecule has 0 unspecified atom stereocenters. The topological polar surface area (TPSA) is 120 Å². The van der Waals surface area contributed by atoms with Crippen LogP contribution in [0.4, 0.5) is 0 Å². The van der Waals surface area contributed by atoms with Crippen molar-refractivity contribution in [3.63, 3.8) is 0 Å². The van der Waals surface area contributed by atoms with Crippen molar-refractivity contribution in [3.05, 3.63) is 58.9 Å². The number of carboxylic acids is 1. The van der Waals surface area contributed by atoms with Gasteiger partial charge in [0.25, 0.3) is 11.8 Å². The number of nitrogens with one attached hydrogen (secondary N) is 1. The Bertz CT molecular complexity index is 918. The number of nitrogens with zero attached hydrogens (tertiary/aromatic N) is 2. The molecule has 1 aromatic carbocycles. The smallest absolute Gasteiger partial charge is 0.322 e. The standard InChI is InChI=1S/C21H23N3O5/c1-13-2-4-15(5-3-13)21(29)24-8-6-14(7-9-24)16-10-17(25)19(22-11-16)20(28)23-12-18(26)27/h2-5,10-11,14,25H,6-9,12H2,1H3,(H,23,28)(H,26,27). The van der Waals surface area contributed by atoms with Crippen molar-refractivity contribution in [2.75, 3.05) is 19.6 Å². The van der Waals surface area contributed by atoms with Crippen LogP contribution in [0.15, 0.2) is 36.5 Å². The highest BCUT2D eigenvalue weighted by Crippen LogP contribution is 2.31. The van der Waals surface area contributed by atoms with E-state index in [1.807, 2.05) is 36.1 Å². The Balaban J connectivity index is 1.61. The molecule has 3 rings (SSSR count). The fourth-order valence-corrected chi connectivity index (χ4v) is 3.40. The fourth-order valence-electron chi connectivity index (χ4n) is 3.40. The van der Waals surface area contributed by atoms with Crippen molar-refractivity contribution < 1.29 is 24.6 Å². The third kappa shape index (κ3) is 4.90. The third-order valence-corrected chi connectivity index (χ3v) is 5.06. The number of benzene rings is 1. The average Bonchev–Trinajstić information content (AvgIpc) is 2.72. The summed E-state index contributed by atoms with van der Waals surface area (Å²) in [5, 5.41) is 20.9. The minimum Gasteiger partial charge on any atom is -0.505 e. The van der Waals surface area contributed by atoms with E-state index in [0.29, 0.717) is 18.7 Å². The molecule has 1 aromatic heterocycles. The average molecular weight is 397 g/mol. The molecule has 0 saturated carbocycles. The monoisotopic (exact) mass is 397 g/mol. The number of hydrogen-bond acceptors (Lipinski definition) is 5. The molecule has 29 heavy (non-hydrogen) atoms. The van der Waals surface area contributed by atoms with Gasteiger partial charge in [-0.05, 0) is 49.4 Å². The largest absolute Gasteiger partial charge is 0.505 e. The lowest BCUT2D eigenvalue weighted by molar-refractivity contribution is -0.135. The van der Waals surface area contributed by atoms with Crippen LogP contribution in [0.5, 0.6) is 5.75 Å². The van der Waals surface area contributed by atoms with Crippen molar-refractivity contribution >= 4 is 17.8 Å². The van der Waals surface area contributed by atoms with Gasteiger partial charge in [-0.25, -0.2) is 4.98 Å². The summed E-state index contributed by atoms with van der Waals surface area (Å²) in [5.41, 5.74) is 2.36. The summed E-state index contributed by atoms with van der Waals surface area (Å²) in [7, 11) is 0. The van der Waals surface area contributed by atoms with Crippen LogP contribution >= 0.6 is 0 Å². The molecule has 2 aromatic rings. The Hall–Kier alpha value is -3.42. The van der Waals surface area contributed by atoms with E-state index in [2.05, 4.69) is 10.3 Å². The molecule has 1 saturated heterocycles. The number of piperidine rings is 1. The molecule has 2 heterocycles. The van der Waals surface area contributed by atoms with E-state index in [1.54, 1.807) is 0 Å². The maximum absolute atomic E-state index is 12.6. The lowest BCUT2D eigenvalue weighted by Crippen LogP contribution is -2.38. The van der Waals surface area contributed by atoms with E-state index in [9.17, 15) is 19.5 Å². The minimum atomic E-state index is -1.18. The number of aromatic nitrogens is 1. The lowest BCUT2D eigenvalue weighted by Gasteiger charge is -2.32. The zero-order valence-corrected chi connectivity index (χ0v) is 16.1. The molecule has 2 amide bonds.